The monoisotopic (exact) mass is 252 g/mol. The molecule has 0 unspecified atom stereocenters. The van der Waals surface area contributed by atoms with Crippen molar-refractivity contribution in [2.24, 2.45) is 5.92 Å². The number of ketones is 2. The van der Waals surface area contributed by atoms with Crippen LogP contribution >= 0.6 is 0 Å². The number of carbonyl (C=O) groups excluding carboxylic acids is 3. The van der Waals surface area contributed by atoms with E-state index in [1.54, 1.807) is 19.0 Å². The lowest BCUT2D eigenvalue weighted by atomic mass is 9.83. The second kappa shape index (κ2) is 6.33. The molecule has 0 aromatic carbocycles. The first-order chi connectivity index (χ1) is 8.45. The van der Waals surface area contributed by atoms with Gasteiger partial charge in [0.1, 0.15) is 0 Å². The van der Waals surface area contributed by atoms with Crippen LogP contribution < -0.4 is 5.32 Å². The molecule has 0 radical (unpaired) electrons. The van der Waals surface area contributed by atoms with Gasteiger partial charge in [0.2, 0.25) is 5.91 Å². The highest BCUT2D eigenvalue weighted by Gasteiger charge is 2.34. The second-order valence-electron chi connectivity index (χ2n) is 4.75. The summed E-state index contributed by atoms with van der Waals surface area (Å²) >= 11 is 0. The van der Waals surface area contributed by atoms with Gasteiger partial charge in [0.05, 0.1) is 11.5 Å². The fourth-order valence-corrected chi connectivity index (χ4v) is 1.88. The Morgan fingerprint density at radius 1 is 1.33 bits per heavy atom. The maximum Gasteiger partial charge on any atom is 0.224 e. The molecular weight excluding hydrogens is 232 g/mol. The third-order valence-electron chi connectivity index (χ3n) is 2.77. The van der Waals surface area contributed by atoms with Crippen LogP contribution in [0.5, 0.6) is 0 Å². The number of carbonyl (C=O) groups is 3. The molecule has 0 heterocycles. The van der Waals surface area contributed by atoms with E-state index in [4.69, 9.17) is 0 Å². The molecule has 0 saturated heterocycles. The van der Waals surface area contributed by atoms with Gasteiger partial charge in [0, 0.05) is 39.7 Å². The van der Waals surface area contributed by atoms with E-state index >= 15 is 0 Å². The molecular formula is C13H20N2O3. The van der Waals surface area contributed by atoms with Crippen molar-refractivity contribution in [1.29, 1.82) is 0 Å². The highest BCUT2D eigenvalue weighted by molar-refractivity contribution is 6.23. The number of hydrogen-bond acceptors (Lipinski definition) is 4. The summed E-state index contributed by atoms with van der Waals surface area (Å²) < 4.78 is 0. The molecule has 1 fully saturated rings. The summed E-state index contributed by atoms with van der Waals surface area (Å²) in [5.41, 5.74) is 0.208. The lowest BCUT2D eigenvalue weighted by Crippen LogP contribution is -2.38. The molecule has 0 aromatic rings. The minimum Gasteiger partial charge on any atom is -0.383 e. The molecule has 0 spiro atoms. The van der Waals surface area contributed by atoms with Crippen LogP contribution in [0.25, 0.3) is 0 Å². The molecule has 5 heteroatoms. The number of nitrogens with one attached hydrogen (secondary N) is 1. The molecule has 1 amide bonds. The summed E-state index contributed by atoms with van der Waals surface area (Å²) in [6, 6.07) is 0. The lowest BCUT2D eigenvalue weighted by molar-refractivity contribution is -0.134. The Morgan fingerprint density at radius 3 is 2.33 bits per heavy atom. The topological polar surface area (TPSA) is 66.5 Å². The Hall–Kier alpha value is -1.65. The number of rotatable bonds is 4. The molecule has 0 atom stereocenters. The minimum atomic E-state index is -0.504. The van der Waals surface area contributed by atoms with Gasteiger partial charge >= 0.3 is 0 Å². The van der Waals surface area contributed by atoms with E-state index in [-0.39, 0.29) is 35.9 Å². The summed E-state index contributed by atoms with van der Waals surface area (Å²) in [6.07, 6.45) is 2.62. The van der Waals surface area contributed by atoms with E-state index < -0.39 is 5.92 Å². The highest BCUT2D eigenvalue weighted by Crippen LogP contribution is 2.23. The molecule has 1 rings (SSSR count). The van der Waals surface area contributed by atoms with Gasteiger partial charge in [-0.15, -0.1) is 0 Å². The number of Topliss-reactive ketones (excluding diaryl/α,β-unsaturated/α-hetero) is 2. The molecule has 0 bridgehead atoms. The van der Waals surface area contributed by atoms with Crippen LogP contribution in [0.2, 0.25) is 0 Å². The zero-order valence-electron chi connectivity index (χ0n) is 11.2. The van der Waals surface area contributed by atoms with Crippen LogP contribution in [-0.4, -0.2) is 43.0 Å². The molecule has 100 valence electrons. The van der Waals surface area contributed by atoms with Crippen molar-refractivity contribution in [3.63, 3.8) is 0 Å². The fraction of sp³-hybridized carbons (Fsp3) is 0.615. The first-order valence-corrected chi connectivity index (χ1v) is 6.18. The van der Waals surface area contributed by atoms with Crippen molar-refractivity contribution in [1.82, 2.24) is 10.2 Å². The third-order valence-corrected chi connectivity index (χ3v) is 2.77. The van der Waals surface area contributed by atoms with Gasteiger partial charge in [-0.25, -0.2) is 0 Å². The first kappa shape index (κ1) is 14.4. The smallest absolute Gasteiger partial charge is 0.224 e. The third kappa shape index (κ3) is 3.68. The quantitative estimate of drug-likeness (QED) is 0.584. The molecule has 0 aliphatic heterocycles. The van der Waals surface area contributed by atoms with Gasteiger partial charge in [0.15, 0.2) is 11.6 Å². The van der Waals surface area contributed by atoms with Gasteiger partial charge in [0.25, 0.3) is 0 Å². The number of hydrogen-bond donors (Lipinski definition) is 1. The van der Waals surface area contributed by atoms with Crippen LogP contribution in [0.4, 0.5) is 0 Å². The summed E-state index contributed by atoms with van der Waals surface area (Å²) in [5, 5.41) is 2.73. The molecule has 1 saturated carbocycles. The minimum absolute atomic E-state index is 0.126. The molecule has 18 heavy (non-hydrogen) atoms. The van der Waals surface area contributed by atoms with Crippen molar-refractivity contribution < 1.29 is 14.4 Å². The molecule has 5 nitrogen and oxygen atoms in total. The summed E-state index contributed by atoms with van der Waals surface area (Å²) in [7, 11) is 3.52. The van der Waals surface area contributed by atoms with Gasteiger partial charge in [-0.3, -0.25) is 14.4 Å². The molecule has 1 N–H and O–H groups in total. The van der Waals surface area contributed by atoms with Crippen molar-refractivity contribution in [2.75, 3.05) is 20.6 Å². The van der Waals surface area contributed by atoms with Crippen LogP contribution in [0.3, 0.4) is 0 Å². The Kier molecular flexibility index (Phi) is 5.07. The molecule has 1 aliphatic carbocycles. The van der Waals surface area contributed by atoms with E-state index in [2.05, 4.69) is 5.32 Å². The normalized spacial score (nSPS) is 19.7. The summed E-state index contributed by atoms with van der Waals surface area (Å²) in [4.78, 5) is 37.1. The predicted molar refractivity (Wildman–Crippen MR) is 67.8 cm³/mol. The van der Waals surface area contributed by atoms with Crippen molar-refractivity contribution >= 4 is 17.5 Å². The Bertz CT molecular complexity index is 366. The highest BCUT2D eigenvalue weighted by atomic mass is 16.2. The summed E-state index contributed by atoms with van der Waals surface area (Å²) in [5.74, 6) is -1.17. The van der Waals surface area contributed by atoms with Gasteiger partial charge < -0.3 is 10.2 Å². The second-order valence-corrected chi connectivity index (χ2v) is 4.75. The Labute approximate surface area is 107 Å². The summed E-state index contributed by atoms with van der Waals surface area (Å²) in [6.45, 7) is 2.54. The van der Waals surface area contributed by atoms with Crippen LogP contribution in [0.1, 0.15) is 26.2 Å². The zero-order chi connectivity index (χ0) is 13.7. The van der Waals surface area contributed by atoms with Crippen molar-refractivity contribution in [2.45, 2.75) is 26.2 Å². The molecule has 0 aromatic heterocycles. The lowest BCUT2D eigenvalue weighted by Gasteiger charge is -2.22. The van der Waals surface area contributed by atoms with Gasteiger partial charge in [-0.05, 0) is 6.42 Å². The predicted octanol–water partition coefficient (Wildman–Crippen LogP) is 0.506. The van der Waals surface area contributed by atoms with Crippen molar-refractivity contribution in [3.05, 3.63) is 11.8 Å². The van der Waals surface area contributed by atoms with E-state index in [0.29, 0.717) is 6.54 Å². The largest absolute Gasteiger partial charge is 0.383 e. The molecule has 1 aliphatic rings. The maximum absolute atomic E-state index is 11.8. The van der Waals surface area contributed by atoms with E-state index in [0.717, 1.165) is 6.42 Å². The maximum atomic E-state index is 11.8. The SMILES string of the molecule is CCCNC(=O)C1CC(=O)C(=CN(C)C)C(=O)C1. The van der Waals surface area contributed by atoms with Crippen LogP contribution in [0, 0.1) is 5.92 Å². The van der Waals surface area contributed by atoms with Crippen molar-refractivity contribution in [3.8, 4) is 0 Å². The average Bonchev–Trinajstić information content (AvgIpc) is 2.30. The van der Waals surface area contributed by atoms with E-state index in [1.807, 2.05) is 6.92 Å². The van der Waals surface area contributed by atoms with Crippen LogP contribution in [0.15, 0.2) is 11.8 Å². The first-order valence-electron chi connectivity index (χ1n) is 6.18. The Balaban J connectivity index is 2.70. The Morgan fingerprint density at radius 2 is 1.89 bits per heavy atom. The average molecular weight is 252 g/mol. The van der Waals surface area contributed by atoms with Gasteiger partial charge in [-0.1, -0.05) is 6.92 Å². The number of nitrogens with zero attached hydrogens (tertiary/aromatic N) is 1. The number of allylic oxidation sites excluding steroid dienone is 1. The fourth-order valence-electron chi connectivity index (χ4n) is 1.88. The van der Waals surface area contributed by atoms with Gasteiger partial charge in [-0.2, -0.15) is 0 Å². The zero-order valence-corrected chi connectivity index (χ0v) is 11.2. The van der Waals surface area contributed by atoms with E-state index in [1.165, 1.54) is 6.20 Å². The van der Waals surface area contributed by atoms with E-state index in [9.17, 15) is 14.4 Å². The standard InChI is InChI=1S/C13H20N2O3/c1-4-5-14-13(18)9-6-11(16)10(8-15(2)3)12(17)7-9/h8-9H,4-7H2,1-3H3,(H,14,18). The van der Waals surface area contributed by atoms with Crippen LogP contribution in [-0.2, 0) is 14.4 Å². The number of amides is 1.